The Bertz CT molecular complexity index is 290. The third-order valence-electron chi connectivity index (χ3n) is 3.78. The predicted octanol–water partition coefficient (Wildman–Crippen LogP) is 1.09. The number of rotatable bonds is 3. The van der Waals surface area contributed by atoms with E-state index in [0.717, 1.165) is 32.7 Å². The Balaban J connectivity index is 1.70. The Kier molecular flexibility index (Phi) is 4.03. The van der Waals surface area contributed by atoms with Crippen LogP contribution < -0.4 is 0 Å². The maximum atomic E-state index is 8.65. The molecule has 4 nitrogen and oxygen atoms in total. The van der Waals surface area contributed by atoms with Crippen LogP contribution in [0.1, 0.15) is 26.7 Å². The minimum atomic E-state index is 0.0767. The van der Waals surface area contributed by atoms with E-state index in [2.05, 4.69) is 29.7 Å². The molecule has 1 unspecified atom stereocenters. The molecule has 96 valence electrons. The van der Waals surface area contributed by atoms with Crippen LogP contribution >= 0.6 is 0 Å². The van der Waals surface area contributed by atoms with Crippen LogP contribution in [0.2, 0.25) is 0 Å². The average molecular weight is 237 g/mol. The van der Waals surface area contributed by atoms with Gasteiger partial charge in [-0.2, -0.15) is 5.26 Å². The Hall–Kier alpha value is -0.630. The van der Waals surface area contributed by atoms with Gasteiger partial charge in [-0.25, -0.2) is 0 Å². The summed E-state index contributed by atoms with van der Waals surface area (Å²) in [7, 11) is 0. The fraction of sp³-hybridized carbons (Fsp3) is 0.923. The van der Waals surface area contributed by atoms with Gasteiger partial charge in [-0.3, -0.25) is 9.80 Å². The number of nitriles is 1. The Morgan fingerprint density at radius 1 is 1.24 bits per heavy atom. The number of piperazine rings is 1. The van der Waals surface area contributed by atoms with Gasteiger partial charge < -0.3 is 4.74 Å². The summed E-state index contributed by atoms with van der Waals surface area (Å²) < 4.78 is 6.02. The van der Waals surface area contributed by atoms with E-state index in [4.69, 9.17) is 10.00 Å². The molecule has 2 aliphatic heterocycles. The summed E-state index contributed by atoms with van der Waals surface area (Å²) in [6, 6.07) is 2.22. The number of ether oxygens (including phenoxy) is 1. The lowest BCUT2D eigenvalue weighted by atomic mass is 10.1. The molecule has 2 rings (SSSR count). The summed E-state index contributed by atoms with van der Waals surface area (Å²) in [5, 5.41) is 8.65. The van der Waals surface area contributed by atoms with Crippen molar-refractivity contribution in [2.75, 3.05) is 39.3 Å². The zero-order valence-corrected chi connectivity index (χ0v) is 11.0. The standard InChI is InChI=1S/C13H23N3O/c1-13(2)4-3-12(17-13)11-16-9-7-15(6-5-14)8-10-16/h12H,3-4,6-11H2,1-2H3. The molecule has 0 aromatic rings. The van der Waals surface area contributed by atoms with Crippen molar-refractivity contribution in [3.63, 3.8) is 0 Å². The van der Waals surface area contributed by atoms with Crippen molar-refractivity contribution in [3.05, 3.63) is 0 Å². The summed E-state index contributed by atoms with van der Waals surface area (Å²) in [6.45, 7) is 10.2. The van der Waals surface area contributed by atoms with Crippen molar-refractivity contribution < 1.29 is 4.74 Å². The molecule has 0 aromatic heterocycles. The van der Waals surface area contributed by atoms with Gasteiger partial charge in [0.1, 0.15) is 0 Å². The largest absolute Gasteiger partial charge is 0.371 e. The molecule has 0 N–H and O–H groups in total. The molecular formula is C13H23N3O. The lowest BCUT2D eigenvalue weighted by Gasteiger charge is -2.34. The van der Waals surface area contributed by atoms with Crippen LogP contribution in [0.25, 0.3) is 0 Å². The van der Waals surface area contributed by atoms with Gasteiger partial charge in [0.15, 0.2) is 0 Å². The van der Waals surface area contributed by atoms with E-state index in [9.17, 15) is 0 Å². The lowest BCUT2D eigenvalue weighted by Crippen LogP contribution is -2.48. The number of hydrogen-bond acceptors (Lipinski definition) is 4. The van der Waals surface area contributed by atoms with E-state index in [-0.39, 0.29) is 5.60 Å². The minimum Gasteiger partial charge on any atom is -0.371 e. The van der Waals surface area contributed by atoms with Crippen LogP contribution in [0.15, 0.2) is 0 Å². The molecule has 0 aliphatic carbocycles. The molecule has 2 saturated heterocycles. The highest BCUT2D eigenvalue weighted by Crippen LogP contribution is 2.29. The summed E-state index contributed by atoms with van der Waals surface area (Å²) in [5.41, 5.74) is 0.0767. The third-order valence-corrected chi connectivity index (χ3v) is 3.78. The normalized spacial score (nSPS) is 30.3. The Morgan fingerprint density at radius 3 is 2.41 bits per heavy atom. The van der Waals surface area contributed by atoms with Crippen molar-refractivity contribution in [1.29, 1.82) is 5.26 Å². The maximum Gasteiger partial charge on any atom is 0.0866 e. The molecular weight excluding hydrogens is 214 g/mol. The van der Waals surface area contributed by atoms with Crippen molar-refractivity contribution in [2.45, 2.75) is 38.4 Å². The van der Waals surface area contributed by atoms with E-state index < -0.39 is 0 Å². The van der Waals surface area contributed by atoms with Gasteiger partial charge in [0, 0.05) is 32.7 Å². The van der Waals surface area contributed by atoms with Gasteiger partial charge in [-0.1, -0.05) is 0 Å². The fourth-order valence-corrected chi connectivity index (χ4v) is 2.72. The minimum absolute atomic E-state index is 0.0767. The molecule has 0 spiro atoms. The smallest absolute Gasteiger partial charge is 0.0866 e. The lowest BCUT2D eigenvalue weighted by molar-refractivity contribution is -0.0331. The van der Waals surface area contributed by atoms with Gasteiger partial charge in [-0.15, -0.1) is 0 Å². The van der Waals surface area contributed by atoms with Crippen LogP contribution in [-0.4, -0.2) is 60.8 Å². The molecule has 2 fully saturated rings. The zero-order chi connectivity index (χ0) is 12.3. The number of nitrogens with zero attached hydrogens (tertiary/aromatic N) is 3. The Morgan fingerprint density at radius 2 is 1.88 bits per heavy atom. The van der Waals surface area contributed by atoms with Crippen LogP contribution in [0.3, 0.4) is 0 Å². The second-order valence-electron chi connectivity index (χ2n) is 5.77. The van der Waals surface area contributed by atoms with Crippen LogP contribution in [0.4, 0.5) is 0 Å². The zero-order valence-electron chi connectivity index (χ0n) is 11.0. The molecule has 17 heavy (non-hydrogen) atoms. The van der Waals surface area contributed by atoms with Gasteiger partial charge in [0.2, 0.25) is 0 Å². The van der Waals surface area contributed by atoms with E-state index in [1.165, 1.54) is 12.8 Å². The van der Waals surface area contributed by atoms with Crippen molar-refractivity contribution in [3.8, 4) is 6.07 Å². The van der Waals surface area contributed by atoms with Crippen molar-refractivity contribution >= 4 is 0 Å². The van der Waals surface area contributed by atoms with Gasteiger partial charge in [0.25, 0.3) is 0 Å². The molecule has 0 bridgehead atoms. The van der Waals surface area contributed by atoms with Crippen LogP contribution in [-0.2, 0) is 4.74 Å². The first-order chi connectivity index (χ1) is 8.09. The van der Waals surface area contributed by atoms with E-state index in [1.807, 2.05) is 0 Å². The predicted molar refractivity (Wildman–Crippen MR) is 66.7 cm³/mol. The molecule has 0 saturated carbocycles. The van der Waals surface area contributed by atoms with E-state index in [0.29, 0.717) is 12.6 Å². The molecule has 2 heterocycles. The summed E-state index contributed by atoms with van der Waals surface area (Å²) in [4.78, 5) is 4.69. The monoisotopic (exact) mass is 237 g/mol. The second-order valence-corrected chi connectivity index (χ2v) is 5.77. The van der Waals surface area contributed by atoms with Crippen molar-refractivity contribution in [1.82, 2.24) is 9.80 Å². The average Bonchev–Trinajstić information content (AvgIpc) is 2.61. The molecule has 4 heteroatoms. The molecule has 0 amide bonds. The van der Waals surface area contributed by atoms with Crippen LogP contribution in [0, 0.1) is 11.3 Å². The molecule has 0 aromatic carbocycles. The highest BCUT2D eigenvalue weighted by molar-refractivity contribution is 4.85. The van der Waals surface area contributed by atoms with Gasteiger partial charge in [0.05, 0.1) is 24.3 Å². The first kappa shape index (κ1) is 12.8. The number of hydrogen-bond donors (Lipinski definition) is 0. The second kappa shape index (κ2) is 5.34. The third kappa shape index (κ3) is 3.67. The van der Waals surface area contributed by atoms with Gasteiger partial charge in [-0.05, 0) is 26.7 Å². The highest BCUT2D eigenvalue weighted by Gasteiger charge is 2.32. The fourth-order valence-electron chi connectivity index (χ4n) is 2.72. The first-order valence-corrected chi connectivity index (χ1v) is 6.58. The van der Waals surface area contributed by atoms with Gasteiger partial charge >= 0.3 is 0 Å². The maximum absolute atomic E-state index is 8.65. The molecule has 1 atom stereocenters. The van der Waals surface area contributed by atoms with Crippen LogP contribution in [0.5, 0.6) is 0 Å². The highest BCUT2D eigenvalue weighted by atomic mass is 16.5. The summed E-state index contributed by atoms with van der Waals surface area (Å²) >= 11 is 0. The summed E-state index contributed by atoms with van der Waals surface area (Å²) in [5.74, 6) is 0. The first-order valence-electron chi connectivity index (χ1n) is 6.58. The quantitative estimate of drug-likeness (QED) is 0.689. The molecule has 2 aliphatic rings. The SMILES string of the molecule is CC1(C)CCC(CN2CCN(CC#N)CC2)O1. The van der Waals surface area contributed by atoms with E-state index >= 15 is 0 Å². The summed E-state index contributed by atoms with van der Waals surface area (Å²) in [6.07, 6.45) is 2.77. The molecule has 0 radical (unpaired) electrons. The topological polar surface area (TPSA) is 39.5 Å². The Labute approximate surface area is 104 Å². The van der Waals surface area contributed by atoms with Crippen molar-refractivity contribution in [2.24, 2.45) is 0 Å². The van der Waals surface area contributed by atoms with E-state index in [1.54, 1.807) is 0 Å².